The normalized spacial score (nSPS) is 15.5. The zero-order valence-electron chi connectivity index (χ0n) is 20.3. The van der Waals surface area contributed by atoms with Gasteiger partial charge in [0.2, 0.25) is 5.95 Å². The molecule has 0 saturated carbocycles. The maximum Gasteiger partial charge on any atom is 0.423 e. The number of aromatic nitrogens is 5. The highest BCUT2D eigenvalue weighted by atomic mass is 19.4. The van der Waals surface area contributed by atoms with E-state index in [1.807, 2.05) is 0 Å². The Bertz CT molecular complexity index is 1460. The molecule has 0 atom stereocenters. The monoisotopic (exact) mass is 557 g/mol. The van der Waals surface area contributed by atoms with Crippen LogP contribution in [0.4, 0.5) is 38.0 Å². The number of rotatable bonds is 6. The van der Waals surface area contributed by atoms with Gasteiger partial charge in [0, 0.05) is 56.3 Å². The molecule has 1 aliphatic heterocycles. The summed E-state index contributed by atoms with van der Waals surface area (Å²) in [4.78, 5) is 37.2. The zero-order valence-corrected chi connectivity index (χ0v) is 20.3. The van der Waals surface area contributed by atoms with Gasteiger partial charge in [0.1, 0.15) is 23.1 Å². The second-order valence-electron chi connectivity index (χ2n) is 8.71. The lowest BCUT2D eigenvalue weighted by Crippen LogP contribution is -2.39. The largest absolute Gasteiger partial charge is 0.489 e. The molecule has 0 aliphatic carbocycles. The van der Waals surface area contributed by atoms with Crippen molar-refractivity contribution in [2.75, 3.05) is 18.0 Å². The lowest BCUT2D eigenvalue weighted by Gasteiger charge is -2.32. The molecule has 1 saturated heterocycles. The summed E-state index contributed by atoms with van der Waals surface area (Å²) in [5.74, 6) is 0.509. The van der Waals surface area contributed by atoms with Crippen LogP contribution in [0.25, 0.3) is 0 Å². The van der Waals surface area contributed by atoms with Gasteiger partial charge in [-0.2, -0.15) is 31.4 Å². The second-order valence-corrected chi connectivity index (χ2v) is 8.71. The van der Waals surface area contributed by atoms with Gasteiger partial charge >= 0.3 is 12.4 Å². The van der Waals surface area contributed by atoms with Crippen molar-refractivity contribution < 1.29 is 31.1 Å². The smallest absolute Gasteiger partial charge is 0.423 e. The molecule has 0 bridgehead atoms. The van der Waals surface area contributed by atoms with Gasteiger partial charge in [0.25, 0.3) is 11.1 Å². The molecule has 0 unspecified atom stereocenters. The first-order valence-corrected chi connectivity index (χ1v) is 11.5. The van der Waals surface area contributed by atoms with Crippen LogP contribution in [0.3, 0.4) is 0 Å². The fourth-order valence-corrected chi connectivity index (χ4v) is 3.93. The Morgan fingerprint density at radius 1 is 1.05 bits per heavy atom. The van der Waals surface area contributed by atoms with Crippen molar-refractivity contribution in [3.8, 4) is 5.75 Å². The summed E-state index contributed by atoms with van der Waals surface area (Å²) in [6.07, 6.45) is -5.11. The van der Waals surface area contributed by atoms with Crippen LogP contribution in [0.15, 0.2) is 51.5 Å². The summed E-state index contributed by atoms with van der Waals surface area (Å²) in [6.45, 7) is 2.07. The van der Waals surface area contributed by atoms with Gasteiger partial charge in [0.05, 0.1) is 18.3 Å². The Morgan fingerprint density at radius 3 is 2.33 bits per heavy atom. The standard InChI is InChI=1S/C23H21F6N7O3/c1-13(33-17-10-32-34-20(38)19(17)23(27,28)29)11-36-12-16(2-3-18(36)37)39-15-4-6-35(7-5-15)21-30-8-14(9-31-21)22(24,25)26/h2-3,8-10,12,15H,4-7,11H2,1H3,(H,34,38). The lowest BCUT2D eigenvalue weighted by atomic mass is 10.1. The van der Waals surface area contributed by atoms with Crippen molar-refractivity contribution in [3.05, 3.63) is 68.8 Å². The van der Waals surface area contributed by atoms with Crippen molar-refractivity contribution in [2.45, 2.75) is 44.8 Å². The zero-order chi connectivity index (χ0) is 28.4. The minimum Gasteiger partial charge on any atom is -0.489 e. The number of hydrogen-bond acceptors (Lipinski definition) is 8. The van der Waals surface area contributed by atoms with E-state index in [0.717, 1.165) is 18.6 Å². The van der Waals surface area contributed by atoms with Gasteiger partial charge in [-0.15, -0.1) is 0 Å². The number of aromatic amines is 1. The summed E-state index contributed by atoms with van der Waals surface area (Å²) in [7, 11) is 0. The number of alkyl halides is 6. The Morgan fingerprint density at radius 2 is 1.72 bits per heavy atom. The molecule has 1 N–H and O–H groups in total. The van der Waals surface area contributed by atoms with E-state index < -0.39 is 40.3 Å². The minimum absolute atomic E-state index is 0.108. The predicted molar refractivity (Wildman–Crippen MR) is 126 cm³/mol. The molecule has 0 radical (unpaired) electrons. The number of halogens is 6. The molecular formula is C23H21F6N7O3. The Labute approximate surface area is 216 Å². The van der Waals surface area contributed by atoms with Crippen molar-refractivity contribution in [2.24, 2.45) is 4.99 Å². The molecule has 3 aromatic rings. The number of hydrogen-bond donors (Lipinski definition) is 1. The van der Waals surface area contributed by atoms with Crippen LogP contribution < -0.4 is 20.8 Å². The van der Waals surface area contributed by atoms with E-state index in [0.29, 0.717) is 31.7 Å². The van der Waals surface area contributed by atoms with Crippen LogP contribution in [0.5, 0.6) is 5.75 Å². The number of nitrogens with zero attached hydrogens (tertiary/aromatic N) is 6. The van der Waals surface area contributed by atoms with Crippen LogP contribution >= 0.6 is 0 Å². The SMILES string of the molecule is CC(Cn1cc(OC2CCN(c3ncc(C(F)(F)F)cn3)CC2)ccc1=O)=Nc1cn[nH]c(=O)c1C(F)(F)F. The fourth-order valence-electron chi connectivity index (χ4n) is 3.93. The van der Waals surface area contributed by atoms with Crippen molar-refractivity contribution in [3.63, 3.8) is 0 Å². The average Bonchev–Trinajstić information content (AvgIpc) is 2.85. The number of anilines is 1. The topological polar surface area (TPSA) is 118 Å². The van der Waals surface area contributed by atoms with Crippen LogP contribution in [0.2, 0.25) is 0 Å². The number of ether oxygens (including phenoxy) is 1. The van der Waals surface area contributed by atoms with Crippen LogP contribution in [-0.4, -0.2) is 49.6 Å². The first-order chi connectivity index (χ1) is 18.3. The van der Waals surface area contributed by atoms with E-state index in [9.17, 15) is 35.9 Å². The third-order valence-electron chi connectivity index (χ3n) is 5.78. The number of H-pyrrole nitrogens is 1. The molecule has 0 spiro atoms. The summed E-state index contributed by atoms with van der Waals surface area (Å²) in [6, 6.07) is 2.70. The number of nitrogens with one attached hydrogen (secondary N) is 1. The lowest BCUT2D eigenvalue weighted by molar-refractivity contribution is -0.139. The first kappa shape index (κ1) is 27.8. The molecule has 1 fully saturated rings. The van der Waals surface area contributed by atoms with E-state index in [1.54, 1.807) is 10.00 Å². The molecule has 4 rings (SSSR count). The molecule has 0 aromatic carbocycles. The van der Waals surface area contributed by atoms with E-state index >= 15 is 0 Å². The van der Waals surface area contributed by atoms with Crippen LogP contribution in [-0.2, 0) is 18.9 Å². The molecule has 16 heteroatoms. The van der Waals surface area contributed by atoms with Gasteiger partial charge in [-0.1, -0.05) is 0 Å². The molecular weight excluding hydrogens is 536 g/mol. The van der Waals surface area contributed by atoms with Gasteiger partial charge in [-0.3, -0.25) is 14.6 Å². The molecule has 4 heterocycles. The molecule has 39 heavy (non-hydrogen) atoms. The van der Waals surface area contributed by atoms with Crippen LogP contribution in [0, 0.1) is 0 Å². The summed E-state index contributed by atoms with van der Waals surface area (Å²) < 4.78 is 85.1. The maximum absolute atomic E-state index is 13.3. The van der Waals surface area contributed by atoms with E-state index in [4.69, 9.17) is 4.74 Å². The van der Waals surface area contributed by atoms with E-state index in [-0.39, 0.29) is 24.3 Å². The maximum atomic E-state index is 13.3. The van der Waals surface area contributed by atoms with Crippen LogP contribution in [0.1, 0.15) is 30.9 Å². The molecule has 10 nitrogen and oxygen atoms in total. The number of aliphatic imine (C=N–C) groups is 1. The van der Waals surface area contributed by atoms with Crippen molar-refractivity contribution in [1.29, 1.82) is 0 Å². The molecule has 3 aromatic heterocycles. The van der Waals surface area contributed by atoms with Crippen molar-refractivity contribution >= 4 is 17.3 Å². The third-order valence-corrected chi connectivity index (χ3v) is 5.78. The first-order valence-electron chi connectivity index (χ1n) is 11.5. The highest BCUT2D eigenvalue weighted by Gasteiger charge is 2.37. The summed E-state index contributed by atoms with van der Waals surface area (Å²) in [5.41, 5.74) is -4.87. The Hall–Kier alpha value is -4.24. The average molecular weight is 557 g/mol. The quantitative estimate of drug-likeness (QED) is 0.364. The third kappa shape index (κ3) is 6.80. The minimum atomic E-state index is -4.95. The van der Waals surface area contributed by atoms with Gasteiger partial charge in [-0.05, 0) is 13.0 Å². The second kappa shape index (κ2) is 10.9. The fraction of sp³-hybridized carbons (Fsp3) is 0.391. The van der Waals surface area contributed by atoms with E-state index in [1.165, 1.54) is 29.8 Å². The highest BCUT2D eigenvalue weighted by molar-refractivity contribution is 5.84. The van der Waals surface area contributed by atoms with Crippen molar-refractivity contribution in [1.82, 2.24) is 24.7 Å². The Kier molecular flexibility index (Phi) is 7.74. The summed E-state index contributed by atoms with van der Waals surface area (Å²) >= 11 is 0. The summed E-state index contributed by atoms with van der Waals surface area (Å²) in [5, 5.41) is 5.09. The predicted octanol–water partition coefficient (Wildman–Crippen LogP) is 3.60. The molecule has 1 aliphatic rings. The molecule has 0 amide bonds. The van der Waals surface area contributed by atoms with Gasteiger partial charge in [0.15, 0.2) is 0 Å². The van der Waals surface area contributed by atoms with Gasteiger partial charge < -0.3 is 14.2 Å². The number of piperidine rings is 1. The molecule has 208 valence electrons. The van der Waals surface area contributed by atoms with Gasteiger partial charge in [-0.25, -0.2) is 15.1 Å². The van der Waals surface area contributed by atoms with E-state index in [2.05, 4.69) is 20.1 Å². The number of pyridine rings is 1. The Balaban J connectivity index is 1.41. The highest BCUT2D eigenvalue weighted by Crippen LogP contribution is 2.33.